The summed E-state index contributed by atoms with van der Waals surface area (Å²) in [6.45, 7) is 1.14. The topological polar surface area (TPSA) is 78.4 Å². The van der Waals surface area contributed by atoms with Crippen molar-refractivity contribution in [2.75, 3.05) is 7.11 Å². The lowest BCUT2D eigenvalue weighted by atomic mass is 10.4. The van der Waals surface area contributed by atoms with Crippen molar-refractivity contribution in [3.05, 3.63) is 18.1 Å². The van der Waals surface area contributed by atoms with Crippen molar-refractivity contribution in [2.24, 2.45) is 0 Å². The Balaban J connectivity index is 2.84. The van der Waals surface area contributed by atoms with Crippen LogP contribution in [0.2, 0.25) is 0 Å². The summed E-state index contributed by atoms with van der Waals surface area (Å²) in [5.41, 5.74) is -0.0212. The Hall–Kier alpha value is -1.98. The van der Waals surface area contributed by atoms with E-state index in [-0.39, 0.29) is 11.6 Å². The highest BCUT2D eigenvalue weighted by Gasteiger charge is 2.12. The molecule has 0 saturated heterocycles. The Morgan fingerprint density at radius 1 is 1.36 bits per heavy atom. The molecule has 0 aromatic carbocycles. The number of ether oxygens (including phenoxy) is 2. The van der Waals surface area contributed by atoms with Gasteiger partial charge in [0.2, 0.25) is 5.88 Å². The third-order valence-electron chi connectivity index (χ3n) is 1.30. The van der Waals surface area contributed by atoms with Gasteiger partial charge in [0.15, 0.2) is 5.69 Å². The van der Waals surface area contributed by atoms with Crippen LogP contribution in [0, 0.1) is 0 Å². The van der Waals surface area contributed by atoms with Gasteiger partial charge in [0.25, 0.3) is 0 Å². The molecule has 6 nitrogen and oxygen atoms in total. The number of carbonyl (C=O) groups excluding carboxylic acids is 2. The molecule has 0 aliphatic heterocycles. The second-order valence-corrected chi connectivity index (χ2v) is 2.33. The standard InChI is InChI=1S/C8H8N2O4/c1-5(11)14-8(12)6-3-7(13-2)10-4-9-6/h3-4H,1-2H3. The summed E-state index contributed by atoms with van der Waals surface area (Å²) in [6.07, 6.45) is 1.15. The maximum absolute atomic E-state index is 11.1. The van der Waals surface area contributed by atoms with Gasteiger partial charge in [-0.25, -0.2) is 14.8 Å². The molecule has 1 aromatic heterocycles. The number of methoxy groups -OCH3 is 1. The molecule has 1 aromatic rings. The summed E-state index contributed by atoms with van der Waals surface area (Å²) >= 11 is 0. The maximum atomic E-state index is 11.1. The van der Waals surface area contributed by atoms with Crippen molar-refractivity contribution in [1.29, 1.82) is 0 Å². The molecule has 14 heavy (non-hydrogen) atoms. The van der Waals surface area contributed by atoms with Gasteiger partial charge in [-0.15, -0.1) is 0 Å². The van der Waals surface area contributed by atoms with Crippen molar-refractivity contribution in [3.63, 3.8) is 0 Å². The zero-order chi connectivity index (χ0) is 10.6. The summed E-state index contributed by atoms with van der Waals surface area (Å²) in [6, 6.07) is 1.28. The van der Waals surface area contributed by atoms with E-state index in [4.69, 9.17) is 4.74 Å². The maximum Gasteiger partial charge on any atom is 0.364 e. The molecular weight excluding hydrogens is 188 g/mol. The van der Waals surface area contributed by atoms with Crippen molar-refractivity contribution in [1.82, 2.24) is 9.97 Å². The molecule has 6 heteroatoms. The highest BCUT2D eigenvalue weighted by molar-refractivity contribution is 5.94. The summed E-state index contributed by atoms with van der Waals surface area (Å²) in [4.78, 5) is 28.9. The lowest BCUT2D eigenvalue weighted by molar-refractivity contribution is -0.135. The third kappa shape index (κ3) is 2.51. The summed E-state index contributed by atoms with van der Waals surface area (Å²) in [5, 5.41) is 0. The predicted molar refractivity (Wildman–Crippen MR) is 44.7 cm³/mol. The molecule has 0 amide bonds. The van der Waals surface area contributed by atoms with Crippen LogP contribution in [0.25, 0.3) is 0 Å². The van der Waals surface area contributed by atoms with Crippen molar-refractivity contribution in [3.8, 4) is 5.88 Å². The number of hydrogen-bond donors (Lipinski definition) is 0. The monoisotopic (exact) mass is 196 g/mol. The third-order valence-corrected chi connectivity index (χ3v) is 1.30. The van der Waals surface area contributed by atoms with Gasteiger partial charge in [0.1, 0.15) is 6.33 Å². The Morgan fingerprint density at radius 3 is 2.64 bits per heavy atom. The minimum Gasteiger partial charge on any atom is -0.481 e. The molecule has 0 atom stereocenters. The molecule has 0 aliphatic carbocycles. The molecule has 1 heterocycles. The molecular formula is C8H8N2O4. The highest BCUT2D eigenvalue weighted by Crippen LogP contribution is 2.06. The molecule has 0 bridgehead atoms. The summed E-state index contributed by atoms with van der Waals surface area (Å²) in [7, 11) is 1.41. The van der Waals surface area contributed by atoms with Gasteiger partial charge in [-0.1, -0.05) is 0 Å². The smallest absolute Gasteiger partial charge is 0.364 e. The summed E-state index contributed by atoms with van der Waals surface area (Å²) in [5.74, 6) is -1.28. The average molecular weight is 196 g/mol. The normalized spacial score (nSPS) is 9.29. The van der Waals surface area contributed by atoms with E-state index >= 15 is 0 Å². The Kier molecular flexibility index (Phi) is 3.11. The zero-order valence-corrected chi connectivity index (χ0v) is 7.68. The average Bonchev–Trinajstić information content (AvgIpc) is 2.17. The Labute approximate surface area is 79.9 Å². The van der Waals surface area contributed by atoms with Gasteiger partial charge < -0.3 is 9.47 Å². The number of aromatic nitrogens is 2. The minimum absolute atomic E-state index is 0.0212. The van der Waals surface area contributed by atoms with Crippen LogP contribution < -0.4 is 4.74 Å². The SMILES string of the molecule is COc1cc(C(=O)OC(C)=O)ncn1. The fraction of sp³-hybridized carbons (Fsp3) is 0.250. The summed E-state index contributed by atoms with van der Waals surface area (Å²) < 4.78 is 9.08. The molecule has 0 saturated carbocycles. The van der Waals surface area contributed by atoms with E-state index < -0.39 is 11.9 Å². The Bertz CT molecular complexity index is 364. The number of carbonyl (C=O) groups is 2. The first-order valence-corrected chi connectivity index (χ1v) is 3.72. The lowest BCUT2D eigenvalue weighted by Crippen LogP contribution is -2.11. The number of hydrogen-bond acceptors (Lipinski definition) is 6. The highest BCUT2D eigenvalue weighted by atomic mass is 16.6. The molecule has 1 rings (SSSR count). The molecule has 0 unspecified atom stereocenters. The fourth-order valence-corrected chi connectivity index (χ4v) is 0.746. The van der Waals surface area contributed by atoms with E-state index in [2.05, 4.69) is 14.7 Å². The van der Waals surface area contributed by atoms with Gasteiger partial charge in [0, 0.05) is 13.0 Å². The van der Waals surface area contributed by atoms with Gasteiger partial charge in [-0.05, 0) is 0 Å². The van der Waals surface area contributed by atoms with Crippen LogP contribution in [-0.4, -0.2) is 29.0 Å². The van der Waals surface area contributed by atoms with Crippen LogP contribution in [0.1, 0.15) is 17.4 Å². The van der Waals surface area contributed by atoms with Crippen molar-refractivity contribution < 1.29 is 19.1 Å². The van der Waals surface area contributed by atoms with E-state index in [1.54, 1.807) is 0 Å². The van der Waals surface area contributed by atoms with Crippen LogP contribution in [0.5, 0.6) is 5.88 Å². The van der Waals surface area contributed by atoms with E-state index in [9.17, 15) is 9.59 Å². The van der Waals surface area contributed by atoms with Gasteiger partial charge in [-0.2, -0.15) is 0 Å². The first kappa shape index (κ1) is 10.1. The van der Waals surface area contributed by atoms with E-state index in [1.165, 1.54) is 13.2 Å². The predicted octanol–water partition coefficient (Wildman–Crippen LogP) is 0.188. The molecule has 0 aliphatic rings. The number of rotatable bonds is 2. The molecule has 74 valence electrons. The van der Waals surface area contributed by atoms with E-state index in [0.29, 0.717) is 0 Å². The van der Waals surface area contributed by atoms with E-state index in [1.807, 2.05) is 0 Å². The van der Waals surface area contributed by atoms with Crippen molar-refractivity contribution >= 4 is 11.9 Å². The second-order valence-electron chi connectivity index (χ2n) is 2.33. The van der Waals surface area contributed by atoms with Crippen LogP contribution in [0.15, 0.2) is 12.4 Å². The number of esters is 2. The first-order valence-electron chi connectivity index (χ1n) is 3.72. The minimum atomic E-state index is -0.821. The van der Waals surface area contributed by atoms with E-state index in [0.717, 1.165) is 13.3 Å². The molecule has 0 radical (unpaired) electrons. The molecule has 0 N–H and O–H groups in total. The van der Waals surface area contributed by atoms with Gasteiger partial charge in [0.05, 0.1) is 7.11 Å². The van der Waals surface area contributed by atoms with Crippen LogP contribution in [-0.2, 0) is 9.53 Å². The van der Waals surface area contributed by atoms with Crippen molar-refractivity contribution in [2.45, 2.75) is 6.92 Å². The largest absolute Gasteiger partial charge is 0.481 e. The fourth-order valence-electron chi connectivity index (χ4n) is 0.746. The Morgan fingerprint density at radius 2 is 2.07 bits per heavy atom. The molecule has 0 spiro atoms. The van der Waals surface area contributed by atoms with Crippen LogP contribution >= 0.6 is 0 Å². The first-order chi connectivity index (χ1) is 6.63. The number of nitrogens with zero attached hydrogens (tertiary/aromatic N) is 2. The molecule has 0 fully saturated rings. The lowest BCUT2D eigenvalue weighted by Gasteiger charge is -2.00. The van der Waals surface area contributed by atoms with Gasteiger partial charge >= 0.3 is 11.9 Å². The second kappa shape index (κ2) is 4.31. The van der Waals surface area contributed by atoms with Crippen LogP contribution in [0.4, 0.5) is 0 Å². The zero-order valence-electron chi connectivity index (χ0n) is 7.68. The van der Waals surface area contributed by atoms with Crippen LogP contribution in [0.3, 0.4) is 0 Å². The van der Waals surface area contributed by atoms with Gasteiger partial charge in [-0.3, -0.25) is 4.79 Å². The quantitative estimate of drug-likeness (QED) is 0.496.